The molecule has 1 aromatic rings. The number of nitrogen functional groups attached to an aromatic ring is 1. The summed E-state index contributed by atoms with van der Waals surface area (Å²) in [4.78, 5) is 0. The van der Waals surface area contributed by atoms with Crippen molar-refractivity contribution in [3.8, 4) is 5.75 Å². The van der Waals surface area contributed by atoms with Gasteiger partial charge in [0.2, 0.25) is 0 Å². The van der Waals surface area contributed by atoms with E-state index in [0.29, 0.717) is 5.69 Å². The molecule has 0 radical (unpaired) electrons. The minimum atomic E-state index is 0. The Balaban J connectivity index is 0.00000121. The highest BCUT2D eigenvalue weighted by Crippen LogP contribution is 2.28. The normalized spacial score (nSPS) is 8.92. The van der Waals surface area contributed by atoms with Crippen LogP contribution >= 0.6 is 32.9 Å². The van der Waals surface area contributed by atoms with E-state index in [9.17, 15) is 0 Å². The lowest BCUT2D eigenvalue weighted by Gasteiger charge is -2.07. The number of anilines is 1. The van der Waals surface area contributed by atoms with Crippen LogP contribution in [-0.4, -0.2) is 7.11 Å². The minimum absolute atomic E-state index is 0. The number of rotatable bonds is 1. The molecule has 4 heteroatoms. The fourth-order valence-electron chi connectivity index (χ4n) is 0.892. The molecule has 0 atom stereocenters. The fourth-order valence-corrected chi connectivity index (χ4v) is 1.44. The SMILES string of the molecule is Br.COc1cc(Br)cc(C)c1N. The van der Waals surface area contributed by atoms with Gasteiger partial charge in [-0.3, -0.25) is 0 Å². The van der Waals surface area contributed by atoms with Crippen LogP contribution in [0.3, 0.4) is 0 Å². The Morgan fingerprint density at radius 2 is 2.00 bits per heavy atom. The molecule has 0 heterocycles. The molecular formula is C8H11Br2NO. The first-order chi connectivity index (χ1) is 5.15. The van der Waals surface area contributed by atoms with Crippen molar-refractivity contribution in [2.24, 2.45) is 0 Å². The van der Waals surface area contributed by atoms with Crippen LogP contribution in [0.1, 0.15) is 5.56 Å². The van der Waals surface area contributed by atoms with E-state index in [1.54, 1.807) is 7.11 Å². The third kappa shape index (κ3) is 2.38. The van der Waals surface area contributed by atoms with Crippen molar-refractivity contribution in [3.05, 3.63) is 22.2 Å². The second-order valence-corrected chi connectivity index (χ2v) is 3.25. The summed E-state index contributed by atoms with van der Waals surface area (Å²) in [5.74, 6) is 0.719. The van der Waals surface area contributed by atoms with E-state index >= 15 is 0 Å². The Hall–Kier alpha value is -0.220. The monoisotopic (exact) mass is 295 g/mol. The van der Waals surface area contributed by atoms with Crippen LogP contribution in [0.2, 0.25) is 0 Å². The van der Waals surface area contributed by atoms with Crippen molar-refractivity contribution in [2.45, 2.75) is 6.92 Å². The van der Waals surface area contributed by atoms with Crippen LogP contribution in [0.25, 0.3) is 0 Å². The van der Waals surface area contributed by atoms with E-state index < -0.39 is 0 Å². The van der Waals surface area contributed by atoms with Gasteiger partial charge in [-0.2, -0.15) is 0 Å². The van der Waals surface area contributed by atoms with Crippen LogP contribution in [0.15, 0.2) is 16.6 Å². The lowest BCUT2D eigenvalue weighted by molar-refractivity contribution is 0.416. The van der Waals surface area contributed by atoms with Crippen molar-refractivity contribution in [2.75, 3.05) is 12.8 Å². The Bertz CT molecular complexity index is 276. The van der Waals surface area contributed by atoms with Gasteiger partial charge in [-0.15, -0.1) is 17.0 Å². The van der Waals surface area contributed by atoms with Gasteiger partial charge in [0.1, 0.15) is 5.75 Å². The largest absolute Gasteiger partial charge is 0.495 e. The zero-order valence-electron chi connectivity index (χ0n) is 6.93. The third-order valence-electron chi connectivity index (χ3n) is 1.53. The summed E-state index contributed by atoms with van der Waals surface area (Å²) in [6.07, 6.45) is 0. The minimum Gasteiger partial charge on any atom is -0.495 e. The van der Waals surface area contributed by atoms with Gasteiger partial charge in [0, 0.05) is 4.47 Å². The van der Waals surface area contributed by atoms with Gasteiger partial charge >= 0.3 is 0 Å². The lowest BCUT2D eigenvalue weighted by atomic mass is 10.2. The first-order valence-electron chi connectivity index (χ1n) is 3.24. The Morgan fingerprint density at radius 1 is 1.42 bits per heavy atom. The van der Waals surface area contributed by atoms with E-state index in [1.807, 2.05) is 19.1 Å². The maximum atomic E-state index is 5.72. The van der Waals surface area contributed by atoms with Crippen LogP contribution in [0, 0.1) is 6.92 Å². The number of nitrogens with two attached hydrogens (primary N) is 1. The van der Waals surface area contributed by atoms with Crippen molar-refractivity contribution >= 4 is 38.6 Å². The molecule has 0 unspecified atom stereocenters. The standard InChI is InChI=1S/C8H10BrNO.BrH/c1-5-3-6(9)4-7(11-2)8(5)10;/h3-4H,10H2,1-2H3;1H. The van der Waals surface area contributed by atoms with Crippen molar-refractivity contribution in [3.63, 3.8) is 0 Å². The number of methoxy groups -OCH3 is 1. The van der Waals surface area contributed by atoms with Gasteiger partial charge in [0.05, 0.1) is 12.8 Å². The zero-order valence-corrected chi connectivity index (χ0v) is 10.2. The van der Waals surface area contributed by atoms with Gasteiger partial charge in [-0.25, -0.2) is 0 Å². The zero-order chi connectivity index (χ0) is 8.43. The van der Waals surface area contributed by atoms with Gasteiger partial charge in [0.25, 0.3) is 0 Å². The molecule has 1 rings (SSSR count). The van der Waals surface area contributed by atoms with E-state index in [2.05, 4.69) is 15.9 Å². The molecular weight excluding hydrogens is 286 g/mol. The summed E-state index contributed by atoms with van der Waals surface area (Å²) >= 11 is 3.35. The smallest absolute Gasteiger partial charge is 0.143 e. The maximum Gasteiger partial charge on any atom is 0.143 e. The highest BCUT2D eigenvalue weighted by atomic mass is 79.9. The van der Waals surface area contributed by atoms with Gasteiger partial charge in [-0.05, 0) is 24.6 Å². The van der Waals surface area contributed by atoms with E-state index in [-0.39, 0.29) is 17.0 Å². The van der Waals surface area contributed by atoms with E-state index in [0.717, 1.165) is 15.8 Å². The molecule has 68 valence electrons. The van der Waals surface area contributed by atoms with Crippen molar-refractivity contribution in [1.29, 1.82) is 0 Å². The molecule has 0 aliphatic heterocycles. The average Bonchev–Trinajstić information content (AvgIpc) is 1.96. The molecule has 0 fully saturated rings. The molecule has 12 heavy (non-hydrogen) atoms. The average molecular weight is 297 g/mol. The fraction of sp³-hybridized carbons (Fsp3) is 0.250. The summed E-state index contributed by atoms with van der Waals surface area (Å²) in [5, 5.41) is 0. The van der Waals surface area contributed by atoms with Crippen LogP contribution in [-0.2, 0) is 0 Å². The quantitative estimate of drug-likeness (QED) is 0.809. The first kappa shape index (κ1) is 11.8. The molecule has 0 aromatic heterocycles. The van der Waals surface area contributed by atoms with E-state index in [1.165, 1.54) is 0 Å². The number of aryl methyl sites for hydroxylation is 1. The van der Waals surface area contributed by atoms with Crippen molar-refractivity contribution in [1.82, 2.24) is 0 Å². The summed E-state index contributed by atoms with van der Waals surface area (Å²) in [5.41, 5.74) is 7.44. The second-order valence-electron chi connectivity index (χ2n) is 2.34. The predicted molar refractivity (Wildman–Crippen MR) is 60.2 cm³/mol. The van der Waals surface area contributed by atoms with Crippen molar-refractivity contribution < 1.29 is 4.74 Å². The molecule has 2 N–H and O–H groups in total. The molecule has 0 spiro atoms. The topological polar surface area (TPSA) is 35.2 Å². The number of benzene rings is 1. The van der Waals surface area contributed by atoms with Crippen LogP contribution in [0.4, 0.5) is 5.69 Å². The van der Waals surface area contributed by atoms with E-state index in [4.69, 9.17) is 10.5 Å². The Morgan fingerprint density at radius 3 is 2.50 bits per heavy atom. The number of halogens is 2. The molecule has 0 saturated heterocycles. The molecule has 0 aliphatic rings. The number of hydrogen-bond acceptors (Lipinski definition) is 2. The molecule has 2 nitrogen and oxygen atoms in total. The molecule has 0 aliphatic carbocycles. The summed E-state index contributed by atoms with van der Waals surface area (Å²) < 4.78 is 6.04. The third-order valence-corrected chi connectivity index (χ3v) is 1.99. The summed E-state index contributed by atoms with van der Waals surface area (Å²) in [6, 6.07) is 3.81. The lowest BCUT2D eigenvalue weighted by Crippen LogP contribution is -1.94. The van der Waals surface area contributed by atoms with Gasteiger partial charge in [-0.1, -0.05) is 15.9 Å². The predicted octanol–water partition coefficient (Wildman–Crippen LogP) is 2.93. The van der Waals surface area contributed by atoms with Gasteiger partial charge < -0.3 is 10.5 Å². The summed E-state index contributed by atoms with van der Waals surface area (Å²) in [6.45, 7) is 1.95. The highest BCUT2D eigenvalue weighted by Gasteiger charge is 2.02. The Labute approximate surface area is 91.0 Å². The van der Waals surface area contributed by atoms with Gasteiger partial charge in [0.15, 0.2) is 0 Å². The van der Waals surface area contributed by atoms with Crippen LogP contribution < -0.4 is 10.5 Å². The number of ether oxygens (including phenoxy) is 1. The molecule has 0 saturated carbocycles. The Kier molecular flexibility index (Phi) is 4.63. The first-order valence-corrected chi connectivity index (χ1v) is 4.04. The van der Waals surface area contributed by atoms with Crippen LogP contribution in [0.5, 0.6) is 5.75 Å². The highest BCUT2D eigenvalue weighted by molar-refractivity contribution is 9.10. The number of hydrogen-bond donors (Lipinski definition) is 1. The molecule has 0 bridgehead atoms. The molecule has 0 amide bonds. The summed E-state index contributed by atoms with van der Waals surface area (Å²) in [7, 11) is 1.61. The molecule has 1 aromatic carbocycles. The maximum absolute atomic E-state index is 5.72. The second kappa shape index (κ2) is 4.72.